The van der Waals surface area contributed by atoms with Gasteiger partial charge in [0.15, 0.2) is 0 Å². The fourth-order valence-corrected chi connectivity index (χ4v) is 1.33. The van der Waals surface area contributed by atoms with Gasteiger partial charge < -0.3 is 15.2 Å². The monoisotopic (exact) mass is 217 g/mol. The first-order valence-corrected chi connectivity index (χ1v) is 4.36. The van der Waals surface area contributed by atoms with Crippen LogP contribution in [0.25, 0.3) is 0 Å². The summed E-state index contributed by atoms with van der Waals surface area (Å²) in [5.74, 6) is 0.615. The summed E-state index contributed by atoms with van der Waals surface area (Å²) in [6.07, 6.45) is -2.66. The van der Waals surface area contributed by atoms with Crippen LogP contribution in [-0.4, -0.2) is 20.6 Å². The molecule has 3 nitrogen and oxygen atoms in total. The SMILES string of the molecule is COc1cccc(OC)c1C(N)C(F)F. The van der Waals surface area contributed by atoms with Crippen molar-refractivity contribution in [1.29, 1.82) is 0 Å². The smallest absolute Gasteiger partial charge is 0.257 e. The molecule has 84 valence electrons. The standard InChI is InChI=1S/C10H13F2NO2/c1-14-6-4-3-5-7(15-2)8(6)9(13)10(11)12/h3-5,9-10H,13H2,1-2H3. The molecule has 0 aliphatic carbocycles. The number of hydrogen-bond acceptors (Lipinski definition) is 3. The Labute approximate surface area is 86.8 Å². The van der Waals surface area contributed by atoms with E-state index in [1.807, 2.05) is 0 Å². The number of ether oxygens (including phenoxy) is 2. The van der Waals surface area contributed by atoms with Gasteiger partial charge in [-0.1, -0.05) is 6.07 Å². The summed E-state index contributed by atoms with van der Waals surface area (Å²) in [5, 5.41) is 0. The van der Waals surface area contributed by atoms with Crippen LogP contribution < -0.4 is 15.2 Å². The van der Waals surface area contributed by atoms with Gasteiger partial charge in [-0.2, -0.15) is 0 Å². The average Bonchev–Trinajstić information content (AvgIpc) is 2.26. The van der Waals surface area contributed by atoms with Gasteiger partial charge in [0.05, 0.1) is 25.8 Å². The molecule has 0 aromatic heterocycles. The van der Waals surface area contributed by atoms with Gasteiger partial charge in [0.2, 0.25) is 0 Å². The number of rotatable bonds is 4. The molecule has 1 aromatic carbocycles. The lowest BCUT2D eigenvalue weighted by atomic mass is 10.1. The molecule has 0 bridgehead atoms. The van der Waals surface area contributed by atoms with E-state index in [1.54, 1.807) is 18.2 Å². The lowest BCUT2D eigenvalue weighted by Crippen LogP contribution is -2.20. The Morgan fingerprint density at radius 3 is 1.93 bits per heavy atom. The number of alkyl halides is 2. The maximum Gasteiger partial charge on any atom is 0.257 e. The molecule has 1 atom stereocenters. The summed E-state index contributed by atoms with van der Waals surface area (Å²) in [5.41, 5.74) is 5.57. The van der Waals surface area contributed by atoms with Crippen LogP contribution in [0.2, 0.25) is 0 Å². The third-order valence-electron chi connectivity index (χ3n) is 2.07. The summed E-state index contributed by atoms with van der Waals surface area (Å²) in [7, 11) is 2.80. The second-order valence-electron chi connectivity index (χ2n) is 2.94. The normalized spacial score (nSPS) is 12.7. The van der Waals surface area contributed by atoms with Gasteiger partial charge in [0.1, 0.15) is 11.5 Å². The molecule has 0 saturated heterocycles. The first-order valence-electron chi connectivity index (χ1n) is 4.36. The molecular formula is C10H13F2NO2. The van der Waals surface area contributed by atoms with Crippen LogP contribution in [0.3, 0.4) is 0 Å². The Morgan fingerprint density at radius 2 is 1.60 bits per heavy atom. The Morgan fingerprint density at radius 1 is 1.13 bits per heavy atom. The van der Waals surface area contributed by atoms with E-state index >= 15 is 0 Å². The zero-order valence-corrected chi connectivity index (χ0v) is 8.54. The Bertz CT molecular complexity index is 309. The van der Waals surface area contributed by atoms with Gasteiger partial charge >= 0.3 is 0 Å². The Hall–Kier alpha value is -1.36. The van der Waals surface area contributed by atoms with Crippen molar-refractivity contribution < 1.29 is 18.3 Å². The maximum atomic E-state index is 12.5. The predicted molar refractivity (Wildman–Crippen MR) is 52.5 cm³/mol. The van der Waals surface area contributed by atoms with Gasteiger partial charge in [0.25, 0.3) is 6.43 Å². The molecule has 0 spiro atoms. The maximum absolute atomic E-state index is 12.5. The van der Waals surface area contributed by atoms with Crippen molar-refractivity contribution in [3.05, 3.63) is 23.8 Å². The molecule has 2 N–H and O–H groups in total. The molecule has 1 aromatic rings. The molecule has 0 aliphatic heterocycles. The number of hydrogen-bond donors (Lipinski definition) is 1. The van der Waals surface area contributed by atoms with Crippen LogP contribution in [0.4, 0.5) is 8.78 Å². The summed E-state index contributed by atoms with van der Waals surface area (Å²) in [6.45, 7) is 0. The summed E-state index contributed by atoms with van der Waals surface area (Å²) < 4.78 is 35.0. The fraction of sp³-hybridized carbons (Fsp3) is 0.400. The summed E-state index contributed by atoms with van der Waals surface area (Å²) >= 11 is 0. The van der Waals surface area contributed by atoms with Crippen molar-refractivity contribution in [3.63, 3.8) is 0 Å². The van der Waals surface area contributed by atoms with Crippen molar-refractivity contribution >= 4 is 0 Å². The minimum absolute atomic E-state index is 0.192. The van der Waals surface area contributed by atoms with Gasteiger partial charge in [-0.15, -0.1) is 0 Å². The van der Waals surface area contributed by atoms with Crippen LogP contribution in [0, 0.1) is 0 Å². The van der Waals surface area contributed by atoms with Gasteiger partial charge in [-0.3, -0.25) is 0 Å². The highest BCUT2D eigenvalue weighted by Gasteiger charge is 2.24. The van der Waals surface area contributed by atoms with E-state index in [-0.39, 0.29) is 5.56 Å². The van der Waals surface area contributed by atoms with Crippen molar-refractivity contribution in [1.82, 2.24) is 0 Å². The molecule has 5 heteroatoms. The second-order valence-corrected chi connectivity index (χ2v) is 2.94. The quantitative estimate of drug-likeness (QED) is 0.838. The molecule has 0 heterocycles. The molecule has 15 heavy (non-hydrogen) atoms. The van der Waals surface area contributed by atoms with E-state index < -0.39 is 12.5 Å². The highest BCUT2D eigenvalue weighted by Crippen LogP contribution is 2.35. The molecule has 0 aliphatic rings. The van der Waals surface area contributed by atoms with E-state index in [0.29, 0.717) is 11.5 Å². The van der Waals surface area contributed by atoms with Crippen molar-refractivity contribution in [2.45, 2.75) is 12.5 Å². The van der Waals surface area contributed by atoms with Crippen LogP contribution in [0.5, 0.6) is 11.5 Å². The minimum atomic E-state index is -2.66. The summed E-state index contributed by atoms with van der Waals surface area (Å²) in [4.78, 5) is 0. The lowest BCUT2D eigenvalue weighted by molar-refractivity contribution is 0.113. The lowest BCUT2D eigenvalue weighted by Gasteiger charge is -2.17. The molecule has 0 radical (unpaired) electrons. The number of halogens is 2. The first-order chi connectivity index (χ1) is 7.11. The third-order valence-corrected chi connectivity index (χ3v) is 2.07. The minimum Gasteiger partial charge on any atom is -0.496 e. The largest absolute Gasteiger partial charge is 0.496 e. The highest BCUT2D eigenvalue weighted by molar-refractivity contribution is 5.47. The number of benzene rings is 1. The van der Waals surface area contributed by atoms with Crippen LogP contribution in [0.1, 0.15) is 11.6 Å². The van der Waals surface area contributed by atoms with Crippen molar-refractivity contribution in [2.75, 3.05) is 14.2 Å². The number of methoxy groups -OCH3 is 2. The topological polar surface area (TPSA) is 44.5 Å². The molecule has 0 amide bonds. The predicted octanol–water partition coefficient (Wildman–Crippen LogP) is 1.97. The van der Waals surface area contributed by atoms with E-state index in [9.17, 15) is 8.78 Å². The van der Waals surface area contributed by atoms with Crippen molar-refractivity contribution in [2.24, 2.45) is 5.73 Å². The van der Waals surface area contributed by atoms with Gasteiger partial charge in [-0.05, 0) is 12.1 Å². The fourth-order valence-electron chi connectivity index (χ4n) is 1.33. The molecule has 1 unspecified atom stereocenters. The van der Waals surface area contributed by atoms with E-state index in [4.69, 9.17) is 15.2 Å². The molecule has 0 saturated carbocycles. The second kappa shape index (κ2) is 4.93. The van der Waals surface area contributed by atoms with Crippen LogP contribution in [0.15, 0.2) is 18.2 Å². The average molecular weight is 217 g/mol. The van der Waals surface area contributed by atoms with E-state index in [2.05, 4.69) is 0 Å². The zero-order valence-electron chi connectivity index (χ0n) is 8.54. The van der Waals surface area contributed by atoms with Crippen molar-refractivity contribution in [3.8, 4) is 11.5 Å². The number of nitrogens with two attached hydrogens (primary N) is 1. The third kappa shape index (κ3) is 2.36. The van der Waals surface area contributed by atoms with E-state index in [0.717, 1.165) is 0 Å². The van der Waals surface area contributed by atoms with Gasteiger partial charge in [0, 0.05) is 0 Å². The molecule has 0 fully saturated rings. The highest BCUT2D eigenvalue weighted by atomic mass is 19.3. The van der Waals surface area contributed by atoms with Gasteiger partial charge in [-0.25, -0.2) is 8.78 Å². The first kappa shape index (κ1) is 11.7. The van der Waals surface area contributed by atoms with Crippen LogP contribution >= 0.6 is 0 Å². The molecule has 1 rings (SSSR count). The van der Waals surface area contributed by atoms with E-state index in [1.165, 1.54) is 14.2 Å². The van der Waals surface area contributed by atoms with Crippen LogP contribution in [-0.2, 0) is 0 Å². The Kier molecular flexibility index (Phi) is 3.85. The zero-order chi connectivity index (χ0) is 11.4. The summed E-state index contributed by atoms with van der Waals surface area (Å²) in [6, 6.07) is 3.38. The molecular weight excluding hydrogens is 204 g/mol. The Balaban J connectivity index is 3.21.